The van der Waals surface area contributed by atoms with Crippen LogP contribution in [0.15, 0.2) is 47.6 Å². The van der Waals surface area contributed by atoms with Crippen molar-refractivity contribution in [3.05, 3.63) is 47.6 Å². The van der Waals surface area contributed by atoms with Crippen molar-refractivity contribution in [1.82, 2.24) is 0 Å². The molecule has 4 nitrogen and oxygen atoms in total. The Morgan fingerprint density at radius 1 is 1.22 bits per heavy atom. The molecule has 2 N–H and O–H groups in total. The number of carbonyl (C=O) groups excluding carboxylic acids is 1. The van der Waals surface area contributed by atoms with Crippen LogP contribution in [0, 0.1) is 40.9 Å². The van der Waals surface area contributed by atoms with E-state index in [0.29, 0.717) is 29.7 Å². The molecule has 0 radical (unpaired) electrons. The lowest BCUT2D eigenvalue weighted by atomic mass is 9.60. The second kappa shape index (κ2) is 11.6. The van der Waals surface area contributed by atoms with Gasteiger partial charge in [0.15, 0.2) is 0 Å². The number of carbonyl (C=O) groups is 1. The average Bonchev–Trinajstić information content (AvgIpc) is 3.35. The van der Waals surface area contributed by atoms with Crippen LogP contribution < -0.4 is 0 Å². The van der Waals surface area contributed by atoms with Gasteiger partial charge in [0.25, 0.3) is 0 Å². The van der Waals surface area contributed by atoms with Gasteiger partial charge in [-0.15, -0.1) is 0 Å². The number of hydrogen-bond acceptors (Lipinski definition) is 4. The number of esters is 1. The first-order valence-corrected chi connectivity index (χ1v) is 14.9. The summed E-state index contributed by atoms with van der Waals surface area (Å²) in [5.41, 5.74) is 4.86. The van der Waals surface area contributed by atoms with Crippen LogP contribution in [-0.2, 0) is 9.53 Å². The Kier molecular flexibility index (Phi) is 8.90. The summed E-state index contributed by atoms with van der Waals surface area (Å²) in [7, 11) is 0. The summed E-state index contributed by atoms with van der Waals surface area (Å²) in [5.74, 6) is 2.14. The number of ether oxygens (including phenoxy) is 1. The number of cyclic esters (lactones) is 1. The van der Waals surface area contributed by atoms with E-state index in [-0.39, 0.29) is 48.0 Å². The first-order valence-electron chi connectivity index (χ1n) is 14.9. The van der Waals surface area contributed by atoms with Crippen LogP contribution in [0.2, 0.25) is 0 Å². The molecule has 1 aliphatic heterocycles. The minimum Gasteiger partial charge on any atom is -0.458 e. The van der Waals surface area contributed by atoms with E-state index in [1.165, 1.54) is 31.3 Å². The predicted octanol–water partition coefficient (Wildman–Crippen LogP) is 6.94. The molecule has 4 aliphatic rings. The quantitative estimate of drug-likeness (QED) is 0.274. The summed E-state index contributed by atoms with van der Waals surface area (Å²) in [6.45, 7) is 17.8. The smallest absolute Gasteiger partial charge is 0.334 e. The minimum absolute atomic E-state index is 0.0158. The molecular weight excluding hydrogens is 460 g/mol. The fourth-order valence-electron chi connectivity index (χ4n) is 8.68. The zero-order valence-corrected chi connectivity index (χ0v) is 23.7. The van der Waals surface area contributed by atoms with Gasteiger partial charge in [-0.05, 0) is 110 Å². The molecule has 3 aliphatic carbocycles. The number of aliphatic hydroxyl groups excluding tert-OH is 2. The largest absolute Gasteiger partial charge is 0.458 e. The summed E-state index contributed by atoms with van der Waals surface area (Å²) < 4.78 is 5.76. The van der Waals surface area contributed by atoms with Crippen molar-refractivity contribution in [1.29, 1.82) is 0 Å². The van der Waals surface area contributed by atoms with Gasteiger partial charge in [-0.3, -0.25) is 0 Å². The third kappa shape index (κ3) is 5.43. The lowest BCUT2D eigenvalue weighted by Crippen LogP contribution is -2.37. The van der Waals surface area contributed by atoms with E-state index in [2.05, 4.69) is 53.0 Å². The Morgan fingerprint density at radius 3 is 2.68 bits per heavy atom. The number of fused-ring (bicyclic) bond motifs is 1. The van der Waals surface area contributed by atoms with E-state index >= 15 is 0 Å². The molecule has 0 spiro atoms. The maximum absolute atomic E-state index is 12.2. The van der Waals surface area contributed by atoms with E-state index in [0.717, 1.165) is 37.7 Å². The molecule has 4 fully saturated rings. The number of allylic oxidation sites excluding steroid dienone is 4. The molecule has 0 aromatic rings. The summed E-state index contributed by atoms with van der Waals surface area (Å²) in [4.78, 5) is 12.2. The lowest BCUT2D eigenvalue weighted by molar-refractivity contribution is -0.140. The Balaban J connectivity index is 1.46. The highest BCUT2D eigenvalue weighted by Crippen LogP contribution is 2.60. The minimum atomic E-state index is -0.363. The molecule has 1 unspecified atom stereocenters. The highest BCUT2D eigenvalue weighted by Gasteiger charge is 2.51. The van der Waals surface area contributed by atoms with Crippen LogP contribution in [0.5, 0.6) is 0 Å². The molecule has 1 saturated heterocycles. The van der Waals surface area contributed by atoms with Gasteiger partial charge >= 0.3 is 5.97 Å². The number of rotatable bonds is 8. The van der Waals surface area contributed by atoms with Gasteiger partial charge in [0.05, 0.1) is 6.10 Å². The molecule has 9 atom stereocenters. The van der Waals surface area contributed by atoms with Gasteiger partial charge in [-0.25, -0.2) is 4.79 Å². The van der Waals surface area contributed by atoms with Crippen LogP contribution in [0.25, 0.3) is 0 Å². The molecular formula is C33H50O4. The Morgan fingerprint density at radius 2 is 1.97 bits per heavy atom. The number of aliphatic hydroxyl groups is 2. The standard InChI is InChI=1S/C33H50O4/c1-7-26-23(5)32(36)37-31(26)18-20(2)28-14-15-29-24(10-8-16-33(28,29)6)12-13-25-19-30(35)27(11-9-17-34)22(4)21(25)3/h12-13,20,22,26-31,34-35H,3,5,7-11,14-19H2,1-2,4,6H3/b24-12+,25-13-/t20-,22-,26+,27?,28-,29+,30-,31-,33-/m1/s1. The molecule has 4 rings (SSSR count). The van der Waals surface area contributed by atoms with Crippen LogP contribution in [-0.4, -0.2) is 35.0 Å². The van der Waals surface area contributed by atoms with E-state index < -0.39 is 0 Å². The van der Waals surface area contributed by atoms with Crippen LogP contribution in [0.3, 0.4) is 0 Å². The molecule has 37 heavy (non-hydrogen) atoms. The Bertz CT molecular complexity index is 944. The van der Waals surface area contributed by atoms with Crippen LogP contribution in [0.1, 0.15) is 91.9 Å². The third-order valence-electron chi connectivity index (χ3n) is 10.9. The lowest BCUT2D eigenvalue weighted by Gasteiger charge is -2.45. The first kappa shape index (κ1) is 28.4. The maximum atomic E-state index is 12.2. The van der Waals surface area contributed by atoms with Crippen molar-refractivity contribution < 1.29 is 19.7 Å². The van der Waals surface area contributed by atoms with Crippen molar-refractivity contribution in [3.8, 4) is 0 Å². The van der Waals surface area contributed by atoms with Crippen molar-refractivity contribution in [2.45, 2.75) is 104 Å². The van der Waals surface area contributed by atoms with Crippen LogP contribution in [0.4, 0.5) is 0 Å². The van der Waals surface area contributed by atoms with E-state index in [9.17, 15) is 15.0 Å². The molecule has 4 heteroatoms. The molecule has 0 aromatic heterocycles. The van der Waals surface area contributed by atoms with Gasteiger partial charge in [0.1, 0.15) is 6.10 Å². The number of hydrogen-bond donors (Lipinski definition) is 2. The van der Waals surface area contributed by atoms with Gasteiger partial charge in [0.2, 0.25) is 0 Å². The summed E-state index contributed by atoms with van der Waals surface area (Å²) in [6, 6.07) is 0. The van der Waals surface area contributed by atoms with Crippen molar-refractivity contribution in [3.63, 3.8) is 0 Å². The molecule has 1 heterocycles. The summed E-state index contributed by atoms with van der Waals surface area (Å²) in [5, 5.41) is 20.1. The Hall–Kier alpha value is -1.65. The van der Waals surface area contributed by atoms with Crippen molar-refractivity contribution in [2.75, 3.05) is 6.61 Å². The summed E-state index contributed by atoms with van der Waals surface area (Å²) in [6.07, 6.45) is 14.5. The molecule has 0 bridgehead atoms. The van der Waals surface area contributed by atoms with Crippen LogP contribution >= 0.6 is 0 Å². The second-order valence-electron chi connectivity index (χ2n) is 12.8. The second-order valence-corrected chi connectivity index (χ2v) is 12.8. The van der Waals surface area contributed by atoms with E-state index in [1.807, 2.05) is 0 Å². The molecule has 3 saturated carbocycles. The average molecular weight is 511 g/mol. The predicted molar refractivity (Wildman–Crippen MR) is 150 cm³/mol. The Labute approximate surface area is 224 Å². The van der Waals surface area contributed by atoms with Gasteiger partial charge in [0, 0.05) is 18.1 Å². The van der Waals surface area contributed by atoms with Gasteiger partial charge in [-0.1, -0.05) is 58.6 Å². The zero-order valence-electron chi connectivity index (χ0n) is 23.7. The van der Waals surface area contributed by atoms with E-state index in [1.54, 1.807) is 5.57 Å². The SMILES string of the molecule is C=C1/C(=C\C=C2/CCC[C@]3(C)[C@@H]([C@H](C)C[C@H]4OC(=O)C(=C)[C@@H]4CC)CC[C@@H]23)C[C@@H](O)C(CCCO)[C@@H]1C. The molecule has 206 valence electrons. The first-order chi connectivity index (χ1) is 17.6. The highest BCUT2D eigenvalue weighted by molar-refractivity contribution is 5.90. The zero-order chi connectivity index (χ0) is 26.9. The molecule has 0 amide bonds. The monoisotopic (exact) mass is 510 g/mol. The molecule has 0 aromatic carbocycles. The van der Waals surface area contributed by atoms with Gasteiger partial charge in [-0.2, -0.15) is 0 Å². The van der Waals surface area contributed by atoms with Gasteiger partial charge < -0.3 is 14.9 Å². The third-order valence-corrected chi connectivity index (χ3v) is 10.9. The highest BCUT2D eigenvalue weighted by atomic mass is 16.6. The van der Waals surface area contributed by atoms with E-state index in [4.69, 9.17) is 4.74 Å². The normalized spacial score (nSPS) is 41.4. The fourth-order valence-corrected chi connectivity index (χ4v) is 8.68. The van der Waals surface area contributed by atoms with Crippen molar-refractivity contribution in [2.24, 2.45) is 40.9 Å². The topological polar surface area (TPSA) is 66.8 Å². The maximum Gasteiger partial charge on any atom is 0.334 e. The fraction of sp³-hybridized carbons (Fsp3) is 0.727. The van der Waals surface area contributed by atoms with Crippen molar-refractivity contribution >= 4 is 5.97 Å². The summed E-state index contributed by atoms with van der Waals surface area (Å²) >= 11 is 0.